The number of carbonyl (C=O) groups excluding carboxylic acids is 3. The van der Waals surface area contributed by atoms with Gasteiger partial charge in [-0.3, -0.25) is 19.1 Å². The average molecular weight is 434 g/mol. The maximum Gasteiger partial charge on any atom is 0.312 e. The molecule has 9 heteroatoms. The zero-order chi connectivity index (χ0) is 22.1. The Hall–Kier alpha value is -1.97. The number of rotatable bonds is 1. The Balaban J connectivity index is 1.56. The minimum absolute atomic E-state index is 0.275. The van der Waals surface area contributed by atoms with E-state index in [4.69, 9.17) is 23.7 Å². The van der Waals surface area contributed by atoms with Crippen molar-refractivity contribution in [3.05, 3.63) is 11.6 Å². The standard InChI is InChI=1S/C22H26O9/c1-8-6-21-16-14-13(7-20(16,4)26)27-19(25)15(14)12(30-21)5-11-9(2)18(24)28-17(11)22(8,31-21)29-10(3)23/h6,9,11-17,26H,5,7H2,1-4H3/t9-,11-,12+,13-,14+,15-,16-,17-,20+,21-,22-/m0/s1. The van der Waals surface area contributed by atoms with Crippen LogP contribution in [0.1, 0.15) is 40.5 Å². The molecular weight excluding hydrogens is 408 g/mol. The van der Waals surface area contributed by atoms with Crippen molar-refractivity contribution in [3.8, 4) is 0 Å². The van der Waals surface area contributed by atoms with Gasteiger partial charge in [-0.05, 0) is 26.3 Å². The molecule has 0 aromatic carbocycles. The smallest absolute Gasteiger partial charge is 0.312 e. The first-order valence-corrected chi connectivity index (χ1v) is 10.9. The third kappa shape index (κ3) is 2.24. The molecule has 31 heavy (non-hydrogen) atoms. The summed E-state index contributed by atoms with van der Waals surface area (Å²) < 4.78 is 30.2. The van der Waals surface area contributed by atoms with Gasteiger partial charge in [0, 0.05) is 30.8 Å². The summed E-state index contributed by atoms with van der Waals surface area (Å²) in [7, 11) is 0. The third-order valence-electron chi connectivity index (χ3n) is 8.32. The molecule has 5 fully saturated rings. The van der Waals surface area contributed by atoms with Crippen LogP contribution in [0.25, 0.3) is 0 Å². The predicted molar refractivity (Wildman–Crippen MR) is 99.7 cm³/mol. The number of fused-ring (bicyclic) bond motifs is 5. The van der Waals surface area contributed by atoms with Gasteiger partial charge in [0.25, 0.3) is 5.79 Å². The lowest BCUT2D eigenvalue weighted by Crippen LogP contribution is -2.65. The molecule has 1 N–H and O–H groups in total. The zero-order valence-corrected chi connectivity index (χ0v) is 17.8. The maximum atomic E-state index is 12.8. The van der Waals surface area contributed by atoms with E-state index in [2.05, 4.69) is 0 Å². The molecule has 1 spiro atoms. The van der Waals surface area contributed by atoms with E-state index in [1.165, 1.54) is 6.92 Å². The monoisotopic (exact) mass is 434 g/mol. The number of ether oxygens (including phenoxy) is 5. The first-order chi connectivity index (χ1) is 14.5. The molecular formula is C22H26O9. The highest BCUT2D eigenvalue weighted by Crippen LogP contribution is 2.65. The molecule has 0 aromatic heterocycles. The van der Waals surface area contributed by atoms with Crippen LogP contribution in [0.2, 0.25) is 0 Å². The minimum Gasteiger partial charge on any atom is -0.462 e. The Morgan fingerprint density at radius 2 is 1.97 bits per heavy atom. The van der Waals surface area contributed by atoms with Gasteiger partial charge >= 0.3 is 17.9 Å². The van der Waals surface area contributed by atoms with Crippen molar-refractivity contribution in [2.45, 2.75) is 76.0 Å². The number of aliphatic hydroxyl groups is 1. The molecule has 0 unspecified atom stereocenters. The van der Waals surface area contributed by atoms with Gasteiger partial charge in [-0.15, -0.1) is 0 Å². The summed E-state index contributed by atoms with van der Waals surface area (Å²) in [5.41, 5.74) is -0.691. The summed E-state index contributed by atoms with van der Waals surface area (Å²) in [5.74, 6) is -6.75. The predicted octanol–water partition coefficient (Wildman–Crippen LogP) is 0.827. The molecule has 6 rings (SSSR count). The van der Waals surface area contributed by atoms with Crippen LogP contribution in [-0.4, -0.2) is 58.5 Å². The highest BCUT2D eigenvalue weighted by Gasteiger charge is 2.77. The normalized spacial score (nSPS) is 56.1. The van der Waals surface area contributed by atoms with Crippen molar-refractivity contribution in [3.63, 3.8) is 0 Å². The van der Waals surface area contributed by atoms with E-state index in [9.17, 15) is 19.5 Å². The molecule has 5 heterocycles. The van der Waals surface area contributed by atoms with Crippen molar-refractivity contribution >= 4 is 17.9 Å². The number of hydrogen-bond donors (Lipinski definition) is 1. The van der Waals surface area contributed by atoms with E-state index in [0.29, 0.717) is 12.0 Å². The molecule has 3 bridgehead atoms. The molecule has 6 aliphatic rings. The molecule has 4 saturated heterocycles. The van der Waals surface area contributed by atoms with Crippen LogP contribution < -0.4 is 0 Å². The van der Waals surface area contributed by atoms with Gasteiger partial charge in [0.1, 0.15) is 6.10 Å². The van der Waals surface area contributed by atoms with Crippen LogP contribution in [0.5, 0.6) is 0 Å². The SMILES string of the molecule is CC(=O)O[C@]12O[C@]3(C=C1C)O[C@H](C[C@H]1[C@H](C)C(=O)O[C@@H]12)[C@@H]1C(=O)O[C@H]2C[C@@](C)(O)[C@@H]3[C@@H]12. The second-order valence-corrected chi connectivity index (χ2v) is 10.2. The second kappa shape index (κ2) is 5.68. The number of esters is 3. The largest absolute Gasteiger partial charge is 0.462 e. The van der Waals surface area contributed by atoms with E-state index in [-0.39, 0.29) is 24.2 Å². The maximum absolute atomic E-state index is 12.8. The van der Waals surface area contributed by atoms with E-state index in [0.717, 1.165) is 0 Å². The van der Waals surface area contributed by atoms with E-state index in [1.54, 1.807) is 26.8 Å². The lowest BCUT2D eigenvalue weighted by Gasteiger charge is -2.53. The minimum atomic E-state index is -1.65. The fourth-order valence-corrected chi connectivity index (χ4v) is 7.25. The molecule has 0 radical (unpaired) electrons. The van der Waals surface area contributed by atoms with Crippen LogP contribution in [0.4, 0.5) is 0 Å². The van der Waals surface area contributed by atoms with Crippen LogP contribution >= 0.6 is 0 Å². The first-order valence-electron chi connectivity index (χ1n) is 10.9. The summed E-state index contributed by atoms with van der Waals surface area (Å²) in [4.78, 5) is 37.5. The highest BCUT2D eigenvalue weighted by atomic mass is 16.8. The van der Waals surface area contributed by atoms with Crippen molar-refractivity contribution in [2.24, 2.45) is 29.6 Å². The summed E-state index contributed by atoms with van der Waals surface area (Å²) in [6.45, 7) is 6.48. The molecule has 0 amide bonds. The molecule has 0 aromatic rings. The van der Waals surface area contributed by atoms with E-state index >= 15 is 0 Å². The number of carbonyl (C=O) groups is 3. The molecule has 5 aliphatic heterocycles. The van der Waals surface area contributed by atoms with Crippen LogP contribution in [-0.2, 0) is 38.1 Å². The van der Waals surface area contributed by atoms with Crippen molar-refractivity contribution in [2.75, 3.05) is 0 Å². The molecule has 1 saturated carbocycles. The number of hydrogen-bond acceptors (Lipinski definition) is 9. The lowest BCUT2D eigenvalue weighted by atomic mass is 9.68. The second-order valence-electron chi connectivity index (χ2n) is 10.2. The summed E-state index contributed by atoms with van der Waals surface area (Å²) in [6, 6.07) is 0. The Bertz CT molecular complexity index is 939. The van der Waals surface area contributed by atoms with Gasteiger partial charge in [0.2, 0.25) is 0 Å². The fraction of sp³-hybridized carbons (Fsp3) is 0.773. The van der Waals surface area contributed by atoms with Crippen LogP contribution in [0.3, 0.4) is 0 Å². The van der Waals surface area contributed by atoms with Crippen molar-refractivity contribution in [1.82, 2.24) is 0 Å². The van der Waals surface area contributed by atoms with E-state index < -0.39 is 65.2 Å². The van der Waals surface area contributed by atoms with Gasteiger partial charge in [-0.2, -0.15) is 0 Å². The van der Waals surface area contributed by atoms with Crippen molar-refractivity contribution in [1.29, 1.82) is 0 Å². The van der Waals surface area contributed by atoms with Gasteiger partial charge < -0.3 is 24.1 Å². The Labute approximate surface area is 179 Å². The van der Waals surface area contributed by atoms with Gasteiger partial charge in [0.05, 0.1) is 29.5 Å². The molecule has 11 atom stereocenters. The molecule has 1 aliphatic carbocycles. The fourth-order valence-electron chi connectivity index (χ4n) is 7.25. The summed E-state index contributed by atoms with van der Waals surface area (Å²) in [6.07, 6.45) is 0.482. The van der Waals surface area contributed by atoms with Crippen LogP contribution in [0, 0.1) is 29.6 Å². The van der Waals surface area contributed by atoms with Gasteiger partial charge in [-0.1, -0.05) is 6.92 Å². The van der Waals surface area contributed by atoms with Crippen LogP contribution in [0.15, 0.2) is 11.6 Å². The summed E-state index contributed by atoms with van der Waals surface area (Å²) in [5, 5.41) is 11.3. The Morgan fingerprint density at radius 3 is 2.68 bits per heavy atom. The Morgan fingerprint density at radius 1 is 1.23 bits per heavy atom. The lowest BCUT2D eigenvalue weighted by molar-refractivity contribution is -0.390. The topological polar surface area (TPSA) is 118 Å². The molecule has 168 valence electrons. The summed E-state index contributed by atoms with van der Waals surface area (Å²) >= 11 is 0. The average Bonchev–Trinajstić information content (AvgIpc) is 3.27. The quantitative estimate of drug-likeness (QED) is 0.364. The first kappa shape index (κ1) is 19.7. The van der Waals surface area contributed by atoms with Crippen molar-refractivity contribution < 1.29 is 43.2 Å². The van der Waals surface area contributed by atoms with E-state index in [1.807, 2.05) is 0 Å². The van der Waals surface area contributed by atoms with Gasteiger partial charge in [0.15, 0.2) is 11.9 Å². The molecule has 9 nitrogen and oxygen atoms in total. The highest BCUT2D eigenvalue weighted by molar-refractivity contribution is 5.78. The Kier molecular flexibility index (Phi) is 3.61. The van der Waals surface area contributed by atoms with Gasteiger partial charge in [-0.25, -0.2) is 0 Å². The third-order valence-corrected chi connectivity index (χ3v) is 8.32. The zero-order valence-electron chi connectivity index (χ0n) is 17.8.